The first-order chi connectivity index (χ1) is 32.1. The summed E-state index contributed by atoms with van der Waals surface area (Å²) in [4.78, 5) is 139. The van der Waals surface area contributed by atoms with Crippen molar-refractivity contribution >= 4 is 83.2 Å². The molecule has 0 aromatic heterocycles. The zero-order valence-electron chi connectivity index (χ0n) is 81.9. The van der Waals surface area contributed by atoms with Crippen LogP contribution in [0.25, 0.3) is 17.2 Å². The Morgan fingerprint density at radius 3 is 0.548 bits per heavy atom. The van der Waals surface area contributed by atoms with Gasteiger partial charge in [-0.15, -0.1) is 0 Å². The van der Waals surface area contributed by atoms with Crippen LogP contribution in [-0.4, -0.2) is 214 Å². The third-order valence-corrected chi connectivity index (χ3v) is 5.09. The summed E-state index contributed by atoms with van der Waals surface area (Å²) in [5.74, 6) is -33.9. The molecule has 0 aromatic carbocycles. The standard InChI is InChI=1S/C6H8O7.C6H6O7.C4H6O6.C4H6O5.C4H4O5.C2H4N2O2.C2H4NO3.C2H4O4.36CH3.16Zn/c7-3(8)1-6(13,5(11)12)2-4(9)10;7-3(8)1-2(5(10)11)4(9)6(12)13;5-1(3(7)8)2(6)4(9)10;2*5-2(4(8)9)1-3(6)7;3-1(5)2(4)6;2*3-1(4)2(5)6;;;;;;;;;;;;;;;;;;;;;;;;;;;;;;;;;;;;;;;;;;;;;;;;;;;;/h13H,1-2H2,(H,7,8)(H,9,10)(H,11,12);2H,1H2,(H,7,8)(H,10,11)(H,12,13);1-2,5-6H,(H,7,8)(H,9,10);2,5H,1H2,(H,6,7)(H,8,9);1H2,(H,6,7)(H,8,9);3*3-6H;36*1H3;;;;;;;;;;;;;;;;/q;;;;;-2;-1;;36*-1;;;;;;;;9*+2/p-4. The van der Waals surface area contributed by atoms with E-state index in [1.54, 1.807) is 0 Å². The predicted molar refractivity (Wildman–Crippen MR) is 429 cm³/mol. The number of rotatable bonds is 19. The Labute approximate surface area is 960 Å². The van der Waals surface area contributed by atoms with Gasteiger partial charge in [0.05, 0.1) is 37.1 Å². The number of ketones is 2. The molecule has 24 N–H and O–H groups in total. The minimum Gasteiger partial charge on any atom is -0.667 e. The number of nitrogens with one attached hydrogen (secondary N) is 3. The van der Waals surface area contributed by atoms with E-state index < -0.39 is 181 Å². The van der Waals surface area contributed by atoms with Gasteiger partial charge in [-0.2, -0.15) is 0 Å². The van der Waals surface area contributed by atoms with Crippen molar-refractivity contribution in [2.45, 2.75) is 56.0 Å². The fourth-order valence-corrected chi connectivity index (χ4v) is 2.04. The van der Waals surface area contributed by atoms with Gasteiger partial charge in [0.15, 0.2) is 18.0 Å². The maximum absolute atomic E-state index is 10.5. The topological polar surface area (TPSA) is 827 Å². The molecular weight excluding hydrogens is 2500 g/mol. The molecule has 0 fully saturated rings. The minimum absolute atomic E-state index is 0. The first kappa shape index (κ1) is 459. The molecule has 0 aliphatic carbocycles. The number of hydrogen-bond donors (Lipinski definition) is 21. The zero-order valence-corrected chi connectivity index (χ0v) is 129. The molecule has 5 unspecified atom stereocenters. The summed E-state index contributed by atoms with van der Waals surface area (Å²) in [7, 11) is 0. The maximum Gasteiger partial charge on any atom is 2.00 e. The van der Waals surface area contributed by atoms with Crippen molar-refractivity contribution in [2.24, 2.45) is 5.92 Å². The van der Waals surface area contributed by atoms with E-state index in [4.69, 9.17) is 124 Å². The first-order valence-electron chi connectivity index (χ1n) is 16.1. The third-order valence-electron chi connectivity index (χ3n) is 5.09. The van der Waals surface area contributed by atoms with Crippen LogP contribution in [0.1, 0.15) is 32.1 Å². The van der Waals surface area contributed by atoms with Crippen molar-refractivity contribution in [3.05, 3.63) is 320 Å². The molecule has 0 aliphatic rings. The first-order valence-corrected chi connectivity index (χ1v) is 16.1. The molecule has 42 nitrogen and oxygen atoms in total. The number of aliphatic hydroxyl groups is 13. The molecule has 124 heavy (non-hydrogen) atoms. The number of carbonyl (C=O) groups excluding carboxylic acids is 6. The van der Waals surface area contributed by atoms with Gasteiger partial charge in [0, 0.05) is 161 Å². The van der Waals surface area contributed by atoms with Gasteiger partial charge >= 0.3 is 235 Å². The Hall–Kier alpha value is -0.386. The van der Waals surface area contributed by atoms with Gasteiger partial charge in [0.25, 0.3) is 11.7 Å². The second-order valence-electron chi connectivity index (χ2n) is 10.9. The van der Waals surface area contributed by atoms with E-state index in [-0.39, 0.29) is 579 Å². The number of carboxylic acids is 12. The molecule has 0 saturated carbocycles. The number of aliphatic carboxylic acids is 12. The summed E-state index contributed by atoms with van der Waals surface area (Å²) in [6.45, 7) is 0. The largest absolute Gasteiger partial charge is 2.00 e. The summed E-state index contributed by atoms with van der Waals surface area (Å²) < 4.78 is 0. The number of carbonyl (C=O) groups is 14. The van der Waals surface area contributed by atoms with Crippen molar-refractivity contribution in [2.75, 3.05) is 0 Å². The van der Waals surface area contributed by atoms with Crippen molar-refractivity contribution in [1.29, 1.82) is 0 Å². The van der Waals surface area contributed by atoms with Gasteiger partial charge in [-0.05, 0) is 0 Å². The molecule has 0 aromatic rings. The van der Waals surface area contributed by atoms with E-state index >= 15 is 0 Å². The quantitative estimate of drug-likeness (QED) is 0.0207. The molecule has 0 heterocycles. The van der Waals surface area contributed by atoms with Crippen LogP contribution in [0.4, 0.5) is 0 Å². The van der Waals surface area contributed by atoms with Crippen LogP contribution in [0.2, 0.25) is 0 Å². The number of Topliss-reactive ketones (excluding diaryl/α,β-unsaturated/α-hetero) is 2. The molecular formula is C66H146N3O39Zn16-25. The SMILES string of the molecule is O=C(O)C(O)C(O)C(=O)O.O=C(O)CC(=O)C(=O)O.O=C(O)CC(C(=O)O)C(=O)C(=O)[O-].O=C(O)CC(O)C(=O)[O-].O=C([O-])CC(O)(CC(=O)O)C(=O)[O-].OC(O)=C(O)O.[CH3-].[CH3-].[CH3-].[CH3-].[CH3-].[CH3-].[CH3-].[CH3-].[CH3-].[CH3-].[CH3-].[CH3-].[CH3-].[CH3-].[CH3-].[CH3-].[CH3-].[CH3-].[CH3-].[CH3-].[CH3-].[CH3-].[CH3-].[CH3-].[CH3-].[CH3-].[CH3-].[CH3-].[CH3-].[CH3-].[CH3-].[CH3-].[CH3-].[CH3-].[CH3-].[CH3-].[NH-]C(O)=C(O)O.[NH-]C(O)=C([NH-])O.[Zn+2].[Zn+2].[Zn+2].[Zn+2].[Zn+2].[Zn+2].[Zn+2].[Zn+2].[Zn+2].[Zn].[Zn].[Zn].[Zn].[Zn].[Zn].[Zn]. The Bertz CT molecular complexity index is 1960. The molecule has 0 amide bonds. The summed E-state index contributed by atoms with van der Waals surface area (Å²) in [6.07, 6.45) is -11.8. The summed E-state index contributed by atoms with van der Waals surface area (Å²) >= 11 is 0. The summed E-state index contributed by atoms with van der Waals surface area (Å²) in [5.41, 5.74) is 15.1. The summed E-state index contributed by atoms with van der Waals surface area (Å²) in [6, 6.07) is 0. The van der Waals surface area contributed by atoms with Crippen LogP contribution in [0.5, 0.6) is 0 Å². The van der Waals surface area contributed by atoms with Gasteiger partial charge in [0.2, 0.25) is 0 Å². The molecule has 5 atom stereocenters. The third kappa shape index (κ3) is 345. The van der Waals surface area contributed by atoms with Crippen LogP contribution in [0, 0.1) is 273 Å². The molecule has 0 spiro atoms. The maximum atomic E-state index is 10.5. The van der Waals surface area contributed by atoms with Crippen molar-refractivity contribution < 1.29 is 506 Å². The van der Waals surface area contributed by atoms with Crippen LogP contribution < -0.4 is 20.4 Å². The van der Waals surface area contributed by atoms with Crippen LogP contribution >= 0.6 is 0 Å². The second kappa shape index (κ2) is 266. The summed E-state index contributed by atoms with van der Waals surface area (Å²) in [5, 5.41) is 206. The van der Waals surface area contributed by atoms with E-state index in [0.29, 0.717) is 0 Å². The number of hydrogen-bond acceptors (Lipinski definition) is 31. The monoisotopic (exact) mass is 2630 g/mol. The van der Waals surface area contributed by atoms with Gasteiger partial charge in [0.1, 0.15) is 30.0 Å². The van der Waals surface area contributed by atoms with Gasteiger partial charge in [-0.1, -0.05) is 0 Å². The van der Waals surface area contributed by atoms with Crippen LogP contribution in [-0.2, 0) is 379 Å². The fourth-order valence-electron chi connectivity index (χ4n) is 2.04. The average Bonchev–Trinajstić information content (AvgIpc) is 3.19. The predicted octanol–water partition coefficient (Wildman–Crippen LogP) is 6.82. The molecule has 0 bridgehead atoms. The van der Waals surface area contributed by atoms with E-state index in [1.807, 2.05) is 0 Å². The van der Waals surface area contributed by atoms with E-state index in [1.165, 1.54) is 0 Å². The van der Waals surface area contributed by atoms with Gasteiger partial charge < -0.3 is 431 Å². The van der Waals surface area contributed by atoms with E-state index in [2.05, 4.69) is 0 Å². The minimum atomic E-state index is -2.91. The van der Waals surface area contributed by atoms with E-state index in [0.717, 1.165) is 0 Å². The van der Waals surface area contributed by atoms with Gasteiger partial charge in [-0.25, -0.2) is 14.4 Å². The van der Waals surface area contributed by atoms with Crippen molar-refractivity contribution in [3.8, 4) is 0 Å². The smallest absolute Gasteiger partial charge is 0.667 e. The Balaban J connectivity index is -0.00000000619. The van der Waals surface area contributed by atoms with E-state index in [9.17, 15) is 87.5 Å². The molecule has 0 rings (SSSR count). The number of aliphatic hydroxyl groups excluding tert-OH is 9. The zero-order chi connectivity index (χ0) is 59.9. The normalized spacial score (nSPS) is 6.90. The molecule has 0 saturated heterocycles. The Morgan fingerprint density at radius 2 is 0.476 bits per heavy atom. The van der Waals surface area contributed by atoms with Gasteiger partial charge in [-0.3, -0.25) is 33.6 Å². The van der Waals surface area contributed by atoms with Crippen molar-refractivity contribution in [1.82, 2.24) is 0 Å². The van der Waals surface area contributed by atoms with Crippen LogP contribution in [0.3, 0.4) is 0 Å². The average molecular weight is 2650 g/mol. The number of carboxylic acid groups (broad SMARTS) is 12. The molecule has 0 aliphatic heterocycles. The molecule has 716 valence electrons. The Morgan fingerprint density at radius 1 is 0.282 bits per heavy atom. The second-order valence-corrected chi connectivity index (χ2v) is 10.9. The molecule has 0 radical (unpaired) electrons. The Kier molecular flexibility index (Phi) is 984. The van der Waals surface area contributed by atoms with Crippen LogP contribution in [0.15, 0.2) is 35.5 Å². The molecule has 58 heteroatoms. The fraction of sp³-hybridized carbons (Fsp3) is 0.152. The van der Waals surface area contributed by atoms with Crippen molar-refractivity contribution in [3.63, 3.8) is 0 Å².